The zero-order chi connectivity index (χ0) is 13.4. The minimum Gasteiger partial charge on any atom is -0.465 e. The fourth-order valence-corrected chi connectivity index (χ4v) is 1.47. The van der Waals surface area contributed by atoms with Gasteiger partial charge < -0.3 is 4.74 Å². The highest BCUT2D eigenvalue weighted by Crippen LogP contribution is 2.08. The number of carbonyl (C=O) groups excluding carboxylic acids is 2. The molecule has 0 fully saturated rings. The molecule has 1 rings (SSSR count). The first-order valence-corrected chi connectivity index (χ1v) is 6.06. The molecular weight excluding hydrogens is 228 g/mol. The largest absolute Gasteiger partial charge is 0.465 e. The van der Waals surface area contributed by atoms with Crippen LogP contribution in [0.3, 0.4) is 0 Å². The van der Waals surface area contributed by atoms with Gasteiger partial charge in [-0.15, -0.1) is 0 Å². The number of rotatable bonds is 6. The van der Waals surface area contributed by atoms with Gasteiger partial charge in [0.2, 0.25) is 0 Å². The Morgan fingerprint density at radius 1 is 1.22 bits per heavy atom. The first kappa shape index (κ1) is 14.2. The maximum absolute atomic E-state index is 11.4. The second kappa shape index (κ2) is 7.43. The predicted molar refractivity (Wildman–Crippen MR) is 71.3 cm³/mol. The van der Waals surface area contributed by atoms with Gasteiger partial charge >= 0.3 is 5.97 Å². The van der Waals surface area contributed by atoms with Gasteiger partial charge in [0.1, 0.15) is 0 Å². The highest BCUT2D eigenvalue weighted by molar-refractivity contribution is 5.94. The second-order valence-corrected chi connectivity index (χ2v) is 4.02. The highest BCUT2D eigenvalue weighted by Gasteiger charge is 2.03. The summed E-state index contributed by atoms with van der Waals surface area (Å²) in [7, 11) is 1.35. The molecule has 0 aliphatic heterocycles. The van der Waals surface area contributed by atoms with Crippen molar-refractivity contribution in [3.63, 3.8) is 0 Å². The number of methoxy groups -OCH3 is 1. The molecule has 0 spiro atoms. The van der Waals surface area contributed by atoms with E-state index in [1.54, 1.807) is 36.4 Å². The predicted octanol–water partition coefficient (Wildman–Crippen LogP) is 3.25. The molecule has 0 unspecified atom stereocenters. The van der Waals surface area contributed by atoms with Crippen LogP contribution in [0.25, 0.3) is 6.08 Å². The van der Waals surface area contributed by atoms with E-state index in [-0.39, 0.29) is 11.8 Å². The summed E-state index contributed by atoms with van der Waals surface area (Å²) in [4.78, 5) is 22.7. The molecule has 0 aliphatic rings. The van der Waals surface area contributed by atoms with E-state index < -0.39 is 0 Å². The summed E-state index contributed by atoms with van der Waals surface area (Å²) in [6, 6.07) is 6.94. The van der Waals surface area contributed by atoms with Crippen molar-refractivity contribution >= 4 is 17.8 Å². The van der Waals surface area contributed by atoms with Crippen LogP contribution in [0.1, 0.15) is 42.1 Å². The Hall–Kier alpha value is -1.90. The Labute approximate surface area is 107 Å². The Morgan fingerprint density at radius 3 is 2.44 bits per heavy atom. The van der Waals surface area contributed by atoms with Gasteiger partial charge in [0, 0.05) is 6.42 Å². The van der Waals surface area contributed by atoms with Gasteiger partial charge in [-0.05, 0) is 30.2 Å². The Balaban J connectivity index is 2.60. The third-order valence-corrected chi connectivity index (χ3v) is 2.57. The molecule has 0 saturated carbocycles. The molecule has 18 heavy (non-hydrogen) atoms. The summed E-state index contributed by atoms with van der Waals surface area (Å²) in [5, 5.41) is 0. The SMILES string of the molecule is CCCCC(=O)C=Cc1ccc(C(=O)OC)cc1. The summed E-state index contributed by atoms with van der Waals surface area (Å²) in [6.07, 6.45) is 5.88. The molecule has 0 amide bonds. The molecule has 0 atom stereocenters. The van der Waals surface area contributed by atoms with E-state index in [1.807, 2.05) is 0 Å². The van der Waals surface area contributed by atoms with Gasteiger partial charge in [0.15, 0.2) is 5.78 Å². The fraction of sp³-hybridized carbons (Fsp3) is 0.333. The van der Waals surface area contributed by atoms with Crippen molar-refractivity contribution in [2.75, 3.05) is 7.11 Å². The van der Waals surface area contributed by atoms with Crippen molar-refractivity contribution in [1.29, 1.82) is 0 Å². The monoisotopic (exact) mass is 246 g/mol. The van der Waals surface area contributed by atoms with E-state index >= 15 is 0 Å². The molecule has 0 aromatic heterocycles. The van der Waals surface area contributed by atoms with E-state index in [0.29, 0.717) is 12.0 Å². The number of carbonyl (C=O) groups is 2. The van der Waals surface area contributed by atoms with Crippen molar-refractivity contribution in [3.05, 3.63) is 41.5 Å². The highest BCUT2D eigenvalue weighted by atomic mass is 16.5. The van der Waals surface area contributed by atoms with E-state index in [1.165, 1.54) is 7.11 Å². The molecule has 1 aromatic rings. The standard InChI is InChI=1S/C15H18O3/c1-3-4-5-14(16)11-8-12-6-9-13(10-7-12)15(17)18-2/h6-11H,3-5H2,1-2H3. The van der Waals surface area contributed by atoms with Crippen molar-refractivity contribution in [2.24, 2.45) is 0 Å². The molecule has 0 aliphatic carbocycles. The zero-order valence-corrected chi connectivity index (χ0v) is 10.8. The van der Waals surface area contributed by atoms with Crippen LogP contribution in [-0.2, 0) is 9.53 Å². The van der Waals surface area contributed by atoms with Gasteiger partial charge in [-0.3, -0.25) is 4.79 Å². The van der Waals surface area contributed by atoms with Gasteiger partial charge in [0.25, 0.3) is 0 Å². The van der Waals surface area contributed by atoms with Crippen LogP contribution in [0.4, 0.5) is 0 Å². The number of hydrogen-bond donors (Lipinski definition) is 0. The Morgan fingerprint density at radius 2 is 1.89 bits per heavy atom. The van der Waals surface area contributed by atoms with Crippen LogP contribution >= 0.6 is 0 Å². The maximum atomic E-state index is 11.4. The van der Waals surface area contributed by atoms with Crippen molar-refractivity contribution in [2.45, 2.75) is 26.2 Å². The second-order valence-electron chi connectivity index (χ2n) is 4.02. The van der Waals surface area contributed by atoms with Crippen LogP contribution < -0.4 is 0 Å². The van der Waals surface area contributed by atoms with Gasteiger partial charge in [0.05, 0.1) is 12.7 Å². The number of allylic oxidation sites excluding steroid dienone is 1. The average Bonchev–Trinajstić information content (AvgIpc) is 2.42. The molecule has 0 bridgehead atoms. The minimum atomic E-state index is -0.357. The van der Waals surface area contributed by atoms with Crippen LogP contribution in [0.2, 0.25) is 0 Å². The quantitative estimate of drug-likeness (QED) is 0.571. The molecule has 1 aromatic carbocycles. The lowest BCUT2D eigenvalue weighted by Crippen LogP contribution is -2.00. The molecule has 96 valence electrons. The van der Waals surface area contributed by atoms with Crippen LogP contribution in [0, 0.1) is 0 Å². The lowest BCUT2D eigenvalue weighted by atomic mass is 10.1. The smallest absolute Gasteiger partial charge is 0.337 e. The minimum absolute atomic E-state index is 0.133. The molecule has 3 heteroatoms. The number of unbranched alkanes of at least 4 members (excludes halogenated alkanes) is 1. The number of esters is 1. The molecule has 0 radical (unpaired) electrons. The third kappa shape index (κ3) is 4.53. The van der Waals surface area contributed by atoms with Crippen LogP contribution in [0.5, 0.6) is 0 Å². The number of ketones is 1. The fourth-order valence-electron chi connectivity index (χ4n) is 1.47. The van der Waals surface area contributed by atoms with Gasteiger partial charge in [-0.1, -0.05) is 31.6 Å². The molecule has 0 heterocycles. The van der Waals surface area contributed by atoms with Crippen molar-refractivity contribution in [3.8, 4) is 0 Å². The summed E-state index contributed by atoms with van der Waals surface area (Å²) in [5.74, 6) is -0.224. The molecule has 0 saturated heterocycles. The van der Waals surface area contributed by atoms with Crippen molar-refractivity contribution < 1.29 is 14.3 Å². The molecule has 0 N–H and O–H groups in total. The van der Waals surface area contributed by atoms with E-state index in [0.717, 1.165) is 18.4 Å². The molecular formula is C15H18O3. The lowest BCUT2D eigenvalue weighted by molar-refractivity contribution is -0.114. The summed E-state index contributed by atoms with van der Waals surface area (Å²) < 4.78 is 4.61. The summed E-state index contributed by atoms with van der Waals surface area (Å²) in [6.45, 7) is 2.06. The topological polar surface area (TPSA) is 43.4 Å². The van der Waals surface area contributed by atoms with Crippen molar-refractivity contribution in [1.82, 2.24) is 0 Å². The third-order valence-electron chi connectivity index (χ3n) is 2.57. The normalized spacial score (nSPS) is 10.6. The van der Waals surface area contributed by atoms with Crippen LogP contribution in [-0.4, -0.2) is 18.9 Å². The van der Waals surface area contributed by atoms with E-state index in [2.05, 4.69) is 11.7 Å². The van der Waals surface area contributed by atoms with E-state index in [9.17, 15) is 9.59 Å². The molecule has 3 nitrogen and oxygen atoms in total. The number of hydrogen-bond acceptors (Lipinski definition) is 3. The zero-order valence-electron chi connectivity index (χ0n) is 10.8. The van der Waals surface area contributed by atoms with Gasteiger partial charge in [-0.2, -0.15) is 0 Å². The number of benzene rings is 1. The first-order chi connectivity index (χ1) is 8.67. The van der Waals surface area contributed by atoms with E-state index in [4.69, 9.17) is 0 Å². The Kier molecular flexibility index (Phi) is 5.85. The summed E-state index contributed by atoms with van der Waals surface area (Å²) >= 11 is 0. The lowest BCUT2D eigenvalue weighted by Gasteiger charge is -1.99. The number of ether oxygens (including phenoxy) is 1. The Bertz CT molecular complexity index is 430. The average molecular weight is 246 g/mol. The van der Waals surface area contributed by atoms with Gasteiger partial charge in [-0.25, -0.2) is 4.79 Å². The maximum Gasteiger partial charge on any atom is 0.337 e. The summed E-state index contributed by atoms with van der Waals surface area (Å²) in [5.41, 5.74) is 1.40. The first-order valence-electron chi connectivity index (χ1n) is 6.06. The van der Waals surface area contributed by atoms with Crippen LogP contribution in [0.15, 0.2) is 30.3 Å².